The molecule has 2 aromatic rings. The van der Waals surface area contributed by atoms with Crippen LogP contribution in [0.2, 0.25) is 0 Å². The summed E-state index contributed by atoms with van der Waals surface area (Å²) in [6.07, 6.45) is -1.11. The van der Waals surface area contributed by atoms with Crippen LogP contribution in [0.3, 0.4) is 0 Å². The predicted octanol–water partition coefficient (Wildman–Crippen LogP) is 3.81. The van der Waals surface area contributed by atoms with Gasteiger partial charge in [0.15, 0.2) is 0 Å². The fraction of sp³-hybridized carbons (Fsp3) is 0.231. The van der Waals surface area contributed by atoms with Crippen LogP contribution in [-0.4, -0.2) is 9.97 Å². The lowest BCUT2D eigenvalue weighted by Crippen LogP contribution is -2.10. The van der Waals surface area contributed by atoms with Crippen molar-refractivity contribution in [3.63, 3.8) is 0 Å². The van der Waals surface area contributed by atoms with Gasteiger partial charge in [-0.25, -0.2) is 9.37 Å². The molecule has 106 valence electrons. The summed E-state index contributed by atoms with van der Waals surface area (Å²) in [7, 11) is 0. The van der Waals surface area contributed by atoms with Crippen molar-refractivity contribution in [2.75, 3.05) is 5.32 Å². The van der Waals surface area contributed by atoms with Gasteiger partial charge in [0.25, 0.3) is 0 Å². The van der Waals surface area contributed by atoms with Gasteiger partial charge in [0.1, 0.15) is 11.6 Å². The quantitative estimate of drug-likeness (QED) is 0.871. The van der Waals surface area contributed by atoms with Crippen molar-refractivity contribution in [1.82, 2.24) is 9.97 Å². The smallest absolute Gasteiger partial charge is 0.363 e. The van der Waals surface area contributed by atoms with Crippen molar-refractivity contribution < 1.29 is 17.6 Å². The molecule has 0 spiro atoms. The molecule has 0 unspecified atom stereocenters. The van der Waals surface area contributed by atoms with E-state index in [2.05, 4.69) is 15.3 Å². The van der Waals surface area contributed by atoms with E-state index in [0.717, 1.165) is 18.5 Å². The maximum absolute atomic E-state index is 13.0. The molecule has 0 aliphatic rings. The Bertz CT molecular complexity index is 581. The van der Waals surface area contributed by atoms with Gasteiger partial charge in [0.2, 0.25) is 0 Å². The monoisotopic (exact) mass is 285 g/mol. The van der Waals surface area contributed by atoms with E-state index in [-0.39, 0.29) is 11.9 Å². The van der Waals surface area contributed by atoms with Crippen molar-refractivity contribution in [3.8, 4) is 0 Å². The first-order valence-corrected chi connectivity index (χ1v) is 5.76. The molecule has 0 saturated carbocycles. The zero-order valence-electron chi connectivity index (χ0n) is 10.4. The highest BCUT2D eigenvalue weighted by Gasteiger charge is 2.30. The maximum atomic E-state index is 13.0. The average molecular weight is 285 g/mol. The first kappa shape index (κ1) is 14.2. The topological polar surface area (TPSA) is 37.8 Å². The molecule has 0 aliphatic heterocycles. The minimum absolute atomic E-state index is 0.273. The Labute approximate surface area is 112 Å². The number of aromatic nitrogens is 2. The van der Waals surface area contributed by atoms with E-state index in [4.69, 9.17) is 0 Å². The summed E-state index contributed by atoms with van der Waals surface area (Å²) in [6, 6.07) is 3.13. The third-order valence-corrected chi connectivity index (χ3v) is 2.68. The third kappa shape index (κ3) is 3.43. The molecule has 0 bridgehead atoms. The molecular formula is C13H11F4N3. The minimum Gasteiger partial charge on any atom is -0.363 e. The minimum atomic E-state index is -4.41. The highest BCUT2D eigenvalue weighted by molar-refractivity contribution is 5.39. The Balaban J connectivity index is 2.10. The van der Waals surface area contributed by atoms with E-state index in [1.807, 2.05) is 0 Å². The summed E-state index contributed by atoms with van der Waals surface area (Å²) in [6.45, 7) is 1.73. The van der Waals surface area contributed by atoms with Crippen molar-refractivity contribution in [2.24, 2.45) is 0 Å². The maximum Gasteiger partial charge on any atom is 0.417 e. The van der Waals surface area contributed by atoms with Crippen molar-refractivity contribution in [1.29, 1.82) is 0 Å². The number of pyridine rings is 2. The second kappa shape index (κ2) is 5.44. The molecule has 2 aromatic heterocycles. The molecule has 1 atom stereocenters. The number of alkyl halides is 3. The molecule has 1 N–H and O–H groups in total. The van der Waals surface area contributed by atoms with Crippen molar-refractivity contribution in [2.45, 2.75) is 19.1 Å². The number of anilines is 1. The second-order valence-electron chi connectivity index (χ2n) is 4.23. The first-order chi connectivity index (χ1) is 9.36. The Kier molecular flexibility index (Phi) is 3.87. The lowest BCUT2D eigenvalue weighted by atomic mass is 10.1. The second-order valence-corrected chi connectivity index (χ2v) is 4.23. The van der Waals surface area contributed by atoms with Gasteiger partial charge < -0.3 is 5.32 Å². The highest BCUT2D eigenvalue weighted by atomic mass is 19.4. The van der Waals surface area contributed by atoms with Crippen LogP contribution in [0, 0.1) is 5.82 Å². The van der Waals surface area contributed by atoms with Gasteiger partial charge in [-0.05, 0) is 30.7 Å². The van der Waals surface area contributed by atoms with Crippen LogP contribution in [0.4, 0.5) is 23.4 Å². The van der Waals surface area contributed by atoms with Gasteiger partial charge in [-0.2, -0.15) is 13.2 Å². The van der Waals surface area contributed by atoms with Crippen LogP contribution in [-0.2, 0) is 6.18 Å². The van der Waals surface area contributed by atoms with E-state index >= 15 is 0 Å². The molecule has 3 nitrogen and oxygen atoms in total. The van der Waals surface area contributed by atoms with Crippen molar-refractivity contribution >= 4 is 5.82 Å². The Morgan fingerprint density at radius 3 is 2.45 bits per heavy atom. The predicted molar refractivity (Wildman–Crippen MR) is 65.5 cm³/mol. The molecule has 2 heterocycles. The van der Waals surface area contributed by atoms with Gasteiger partial charge in [0.05, 0.1) is 17.8 Å². The van der Waals surface area contributed by atoms with Crippen LogP contribution in [0.1, 0.15) is 24.1 Å². The molecular weight excluding hydrogens is 274 g/mol. The van der Waals surface area contributed by atoms with E-state index in [1.165, 1.54) is 18.3 Å². The van der Waals surface area contributed by atoms with E-state index in [1.54, 1.807) is 6.92 Å². The third-order valence-electron chi connectivity index (χ3n) is 2.68. The summed E-state index contributed by atoms with van der Waals surface area (Å²) >= 11 is 0. The molecule has 0 saturated heterocycles. The fourth-order valence-electron chi connectivity index (χ4n) is 1.62. The first-order valence-electron chi connectivity index (χ1n) is 5.76. The largest absolute Gasteiger partial charge is 0.417 e. The Morgan fingerprint density at radius 1 is 1.15 bits per heavy atom. The highest BCUT2D eigenvalue weighted by Crippen LogP contribution is 2.29. The zero-order valence-corrected chi connectivity index (χ0v) is 10.4. The summed E-state index contributed by atoms with van der Waals surface area (Å²) < 4.78 is 50.2. The number of nitrogens with one attached hydrogen (secondary N) is 1. The molecule has 0 amide bonds. The fourth-order valence-corrected chi connectivity index (χ4v) is 1.62. The van der Waals surface area contributed by atoms with Crippen LogP contribution < -0.4 is 5.32 Å². The van der Waals surface area contributed by atoms with E-state index in [9.17, 15) is 17.6 Å². The number of hydrogen-bond donors (Lipinski definition) is 1. The van der Waals surface area contributed by atoms with E-state index in [0.29, 0.717) is 5.56 Å². The van der Waals surface area contributed by atoms with Crippen molar-refractivity contribution in [3.05, 3.63) is 53.7 Å². The molecule has 0 radical (unpaired) electrons. The molecule has 0 aromatic carbocycles. The standard InChI is InChI=1S/C13H11F4N3/c1-8(9-4-11(14)7-18-5-9)20-12-3-2-10(6-19-12)13(15,16)17/h2-8H,1H3,(H,19,20)/t8-/m1/s1. The van der Waals surface area contributed by atoms with Crippen LogP contribution >= 0.6 is 0 Å². The summed E-state index contributed by atoms with van der Waals surface area (Å²) in [5.41, 5.74) is -0.241. The summed E-state index contributed by atoms with van der Waals surface area (Å²) in [5.74, 6) is -0.203. The Hall–Kier alpha value is -2.18. The van der Waals surface area contributed by atoms with E-state index < -0.39 is 17.6 Å². The number of nitrogens with zero attached hydrogens (tertiary/aromatic N) is 2. The average Bonchev–Trinajstić information content (AvgIpc) is 2.38. The van der Waals surface area contributed by atoms with Gasteiger partial charge in [-0.15, -0.1) is 0 Å². The van der Waals surface area contributed by atoms with Gasteiger partial charge >= 0.3 is 6.18 Å². The normalized spacial score (nSPS) is 13.1. The lowest BCUT2D eigenvalue weighted by molar-refractivity contribution is -0.137. The zero-order chi connectivity index (χ0) is 14.8. The SMILES string of the molecule is C[C@@H](Nc1ccc(C(F)(F)F)cn1)c1cncc(F)c1. The molecule has 7 heteroatoms. The summed E-state index contributed by atoms with van der Waals surface area (Å²) in [5, 5.41) is 2.88. The molecule has 2 rings (SSSR count). The number of rotatable bonds is 3. The summed E-state index contributed by atoms with van der Waals surface area (Å²) in [4.78, 5) is 7.40. The molecule has 0 fully saturated rings. The van der Waals surface area contributed by atoms with Crippen LogP contribution in [0.25, 0.3) is 0 Å². The molecule has 0 aliphatic carbocycles. The lowest BCUT2D eigenvalue weighted by Gasteiger charge is -2.15. The van der Waals surface area contributed by atoms with Gasteiger partial charge in [-0.3, -0.25) is 4.98 Å². The van der Waals surface area contributed by atoms with Gasteiger partial charge in [0, 0.05) is 12.4 Å². The number of hydrogen-bond acceptors (Lipinski definition) is 3. The van der Waals surface area contributed by atoms with Crippen LogP contribution in [0.5, 0.6) is 0 Å². The Morgan fingerprint density at radius 2 is 1.90 bits per heavy atom. The molecule has 20 heavy (non-hydrogen) atoms. The number of halogens is 4. The van der Waals surface area contributed by atoms with Gasteiger partial charge in [-0.1, -0.05) is 0 Å². The van der Waals surface area contributed by atoms with Crippen LogP contribution in [0.15, 0.2) is 36.8 Å².